The Bertz CT molecular complexity index is 3340. The number of rotatable bonds is 30. The van der Waals surface area contributed by atoms with Gasteiger partial charge in [-0.2, -0.15) is 18.4 Å². The third-order valence-electron chi connectivity index (χ3n) is 16.4. The Labute approximate surface area is 713 Å². The van der Waals surface area contributed by atoms with Crippen LogP contribution in [-0.2, 0) is 21.2 Å². The number of halogens is 3. The lowest BCUT2D eigenvalue weighted by Crippen LogP contribution is -2.26. The molecule has 3 aromatic heterocycles. The predicted molar refractivity (Wildman–Crippen MR) is 489 cm³/mol. The largest absolute Gasteiger partial charge is 0.459 e. The van der Waals surface area contributed by atoms with Crippen LogP contribution in [0.15, 0.2) is 112 Å². The second-order valence-corrected chi connectivity index (χ2v) is 43.5. The maximum absolute atomic E-state index is 11.7. The standard InChI is InChI=1S/C14H21NO.C13H21NO2.C13H21NOS.C13H17N.C12H25NO.C8H11NOS.C8H18.C7H13F3.C7H17NO2S/c1-14(2,3)10-7-11-15-13(16)12-8-5-4-6-9-12;2*1-13(2,3)8-4-5-9-14-12(15)11-7-6-10-16-11;1-13(2,3)9-8-11-4-6-12(10-14)7-5-11;1-10(2)9-11(14)13-8-6-7-12(3,4)5;1-2-5-9-8(10)7-4-3-6-11-7;1-5-6-7-8(2,3)4;1-6(2,3)4-5-7(8,9)10;1-7(2,3)5-6-8-11(4,9)10/h4-6,8-9H,7,10-11H2,1-3H3,(H,15,16);2*6-7,10H,4-5,8-9H2,1-3H3,(H,14,15);4-7H,8-9H2,1-3H3;10H,6-9H2,1-5H3,(H,13,14);3-4,6H,2,5H2,1H3,(H,9,10);5-7H2,1-4H3;4-5H2,1-3H3;8H,5-6H2,1-4H3. The minimum atomic E-state index is -3.99. The first-order valence-corrected chi connectivity index (χ1v) is 45.8. The predicted octanol–water partition coefficient (Wildman–Crippen LogP) is 26.1. The molecule has 5 aromatic rings. The molecule has 2 aromatic carbocycles. The average molecular weight is 1690 g/mol. The Morgan fingerprint density at radius 2 is 0.819 bits per heavy atom. The lowest BCUT2D eigenvalue weighted by molar-refractivity contribution is -0.139. The first-order valence-electron chi connectivity index (χ1n) is 42.2. The van der Waals surface area contributed by atoms with Crippen LogP contribution in [0.2, 0.25) is 0 Å². The van der Waals surface area contributed by atoms with Gasteiger partial charge in [0.15, 0.2) is 5.76 Å². The molecule has 3 heterocycles. The van der Waals surface area contributed by atoms with Gasteiger partial charge in [0.1, 0.15) is 0 Å². The molecule has 0 radical (unpaired) electrons. The number of nitrogens with zero attached hydrogens (tertiary/aromatic N) is 1. The van der Waals surface area contributed by atoms with Gasteiger partial charge >= 0.3 is 6.18 Å². The molecule has 0 saturated heterocycles. The number of unbranched alkanes of at least 4 members (excludes halogenated alkanes) is 3. The molecule has 0 unspecified atom stereocenters. The highest BCUT2D eigenvalue weighted by Crippen LogP contribution is 2.30. The fourth-order valence-electron chi connectivity index (χ4n) is 9.59. The van der Waals surface area contributed by atoms with Crippen molar-refractivity contribution in [3.63, 3.8) is 0 Å². The summed E-state index contributed by atoms with van der Waals surface area (Å²) in [5.41, 5.74) is 5.21. The van der Waals surface area contributed by atoms with Crippen LogP contribution < -0.4 is 31.3 Å². The Kier molecular flexibility index (Phi) is 61.0. The van der Waals surface area contributed by atoms with Crippen LogP contribution in [0.1, 0.15) is 367 Å². The van der Waals surface area contributed by atoms with Gasteiger partial charge in [0.05, 0.1) is 33.9 Å². The zero-order valence-corrected chi connectivity index (χ0v) is 80.4. The van der Waals surface area contributed by atoms with Crippen LogP contribution in [0.5, 0.6) is 0 Å². The number of carbonyl (C=O) groups excluding carboxylic acids is 5. The summed E-state index contributed by atoms with van der Waals surface area (Å²) in [4.78, 5) is 58.7. The third-order valence-corrected chi connectivity index (χ3v) is 18.9. The molecule has 6 N–H and O–H groups in total. The van der Waals surface area contributed by atoms with Gasteiger partial charge in [-0.15, -0.1) is 22.7 Å². The van der Waals surface area contributed by atoms with Gasteiger partial charge in [0.2, 0.25) is 15.9 Å². The van der Waals surface area contributed by atoms with Crippen LogP contribution in [0, 0.1) is 60.6 Å². The highest BCUT2D eigenvalue weighted by atomic mass is 32.2. The monoisotopic (exact) mass is 1680 g/mol. The Morgan fingerprint density at radius 1 is 0.422 bits per heavy atom. The van der Waals surface area contributed by atoms with Crippen molar-refractivity contribution in [1.29, 1.82) is 5.26 Å². The Balaban J connectivity index is -0.000000613. The normalized spacial score (nSPS) is 11.7. The van der Waals surface area contributed by atoms with E-state index < -0.39 is 22.6 Å². The van der Waals surface area contributed by atoms with E-state index in [0.717, 1.165) is 118 Å². The molecule has 21 heteroatoms. The van der Waals surface area contributed by atoms with Crippen molar-refractivity contribution in [3.05, 3.63) is 140 Å². The van der Waals surface area contributed by atoms with Crippen LogP contribution in [0.3, 0.4) is 0 Å². The number of hydrogen-bond acceptors (Lipinski definition) is 11. The molecular weight excluding hydrogens is 1520 g/mol. The van der Waals surface area contributed by atoms with Crippen molar-refractivity contribution in [2.45, 2.75) is 328 Å². The summed E-state index contributed by atoms with van der Waals surface area (Å²) in [6.07, 6.45) is 18.3. The van der Waals surface area contributed by atoms with Crippen LogP contribution >= 0.6 is 22.7 Å². The number of amides is 5. The van der Waals surface area contributed by atoms with Gasteiger partial charge in [-0.1, -0.05) is 262 Å². The maximum Gasteiger partial charge on any atom is 0.389 e. The van der Waals surface area contributed by atoms with Crippen molar-refractivity contribution >= 4 is 62.2 Å². The number of alkyl halides is 3. The molecule has 116 heavy (non-hydrogen) atoms. The molecule has 0 fully saturated rings. The van der Waals surface area contributed by atoms with Gasteiger partial charge in [0, 0.05) is 57.7 Å². The van der Waals surface area contributed by atoms with Gasteiger partial charge in [-0.25, -0.2) is 13.1 Å². The topological polar surface area (TPSA) is 229 Å². The Morgan fingerprint density at radius 3 is 1.16 bits per heavy atom. The Hall–Kier alpha value is -6.34. The molecule has 0 spiro atoms. The van der Waals surface area contributed by atoms with Crippen LogP contribution in [-0.4, -0.2) is 89.7 Å². The van der Waals surface area contributed by atoms with E-state index in [1.54, 1.807) is 32.9 Å². The van der Waals surface area contributed by atoms with Gasteiger partial charge in [-0.05, 0) is 204 Å². The highest BCUT2D eigenvalue weighted by molar-refractivity contribution is 7.88. The maximum atomic E-state index is 11.7. The van der Waals surface area contributed by atoms with Crippen molar-refractivity contribution in [3.8, 4) is 6.07 Å². The lowest BCUT2D eigenvalue weighted by Gasteiger charge is -2.18. The molecule has 0 saturated carbocycles. The molecule has 5 rings (SSSR count). The molecule has 666 valence electrons. The zero-order valence-electron chi connectivity index (χ0n) is 77.9. The number of sulfonamides is 1. The van der Waals surface area contributed by atoms with E-state index in [9.17, 15) is 45.6 Å². The summed E-state index contributed by atoms with van der Waals surface area (Å²) in [5, 5.41) is 26.9. The second kappa shape index (κ2) is 61.0. The zero-order chi connectivity index (χ0) is 90.1. The highest BCUT2D eigenvalue weighted by Gasteiger charge is 2.29. The third kappa shape index (κ3) is 87.0. The van der Waals surface area contributed by atoms with Gasteiger partial charge in [0.25, 0.3) is 23.6 Å². The number of furan rings is 1. The summed E-state index contributed by atoms with van der Waals surface area (Å²) in [6, 6.07) is 30.2. The van der Waals surface area contributed by atoms with E-state index >= 15 is 0 Å². The number of thiophene rings is 2. The van der Waals surface area contributed by atoms with Crippen molar-refractivity contribution in [1.82, 2.24) is 31.3 Å². The van der Waals surface area contributed by atoms with E-state index in [1.807, 2.05) is 96.5 Å². The SMILES string of the molecule is CC(C)(C)CCC(F)(F)F.CC(C)(C)CCCCNC(=O)c1ccco1.CC(C)(C)CCCCNC(=O)c1cccs1.CC(C)(C)CCCNC(=O)c1ccccc1.CC(C)(C)CCNS(C)(=O)=O.CC(C)(C)CCc1ccc(C#N)cc1.CC(C)CC(=O)NCCCC(C)(C)C.CCCCC(C)(C)C.CCCNC(=O)c1cccs1. The summed E-state index contributed by atoms with van der Waals surface area (Å²) < 4.78 is 63.4. The second-order valence-electron chi connectivity index (χ2n) is 39.8. The summed E-state index contributed by atoms with van der Waals surface area (Å²) in [5.74, 6) is 1.03. The van der Waals surface area contributed by atoms with E-state index in [4.69, 9.17) is 9.68 Å². The fourth-order valence-corrected chi connectivity index (χ4v) is 11.3. The smallest absolute Gasteiger partial charge is 0.389 e. The number of nitriles is 1. The van der Waals surface area contributed by atoms with Crippen molar-refractivity contribution in [2.75, 3.05) is 45.5 Å². The fraction of sp³-hybridized carbons (Fsp3) is 0.684. The molecule has 0 atom stereocenters. The minimum Gasteiger partial charge on any atom is -0.459 e. The molecule has 15 nitrogen and oxygen atoms in total. The van der Waals surface area contributed by atoms with E-state index in [0.29, 0.717) is 57.1 Å². The first-order chi connectivity index (χ1) is 53.1. The van der Waals surface area contributed by atoms with Gasteiger partial charge in [-0.3, -0.25) is 24.0 Å². The molecule has 0 aliphatic carbocycles. The van der Waals surface area contributed by atoms with E-state index in [1.165, 1.54) is 85.7 Å². The molecule has 0 bridgehead atoms. The summed E-state index contributed by atoms with van der Waals surface area (Å²) in [6.45, 7) is 64.8. The van der Waals surface area contributed by atoms with Crippen molar-refractivity contribution < 1.29 is 50.0 Å². The summed E-state index contributed by atoms with van der Waals surface area (Å²) >= 11 is 2.96. The van der Waals surface area contributed by atoms with Gasteiger partial charge < -0.3 is 31.0 Å². The average Bonchev–Trinajstić information content (AvgIpc) is 1.66. The number of benzene rings is 2. The first kappa shape index (κ1) is 116. The number of aryl methyl sites for hydroxylation is 1. The van der Waals surface area contributed by atoms with E-state index in [-0.39, 0.29) is 46.8 Å². The quantitative estimate of drug-likeness (QED) is 0.0240. The van der Waals surface area contributed by atoms with Crippen LogP contribution in [0.4, 0.5) is 13.2 Å². The van der Waals surface area contributed by atoms with E-state index in [2.05, 4.69) is 204 Å². The number of carbonyl (C=O) groups is 5. The molecule has 5 amide bonds. The van der Waals surface area contributed by atoms with Crippen LogP contribution in [0.25, 0.3) is 0 Å². The lowest BCUT2D eigenvalue weighted by atomic mass is 9.88. The molecular formula is C95H164F3N7O8S3. The minimum absolute atomic E-state index is 0.0227. The number of hydrogen-bond donors (Lipinski definition) is 6. The summed E-state index contributed by atoms with van der Waals surface area (Å²) in [7, 11) is -3.00. The number of nitrogens with one attached hydrogen (secondary N) is 6. The molecule has 0 aliphatic heterocycles. The molecule has 0 aliphatic rings. The van der Waals surface area contributed by atoms with Crippen molar-refractivity contribution in [2.24, 2.45) is 49.2 Å².